The van der Waals surface area contributed by atoms with Crippen LogP contribution in [-0.4, -0.2) is 43.0 Å². The molecule has 0 bridgehead atoms. The van der Waals surface area contributed by atoms with Crippen LogP contribution in [0.1, 0.15) is 43.5 Å². The second-order valence-corrected chi connectivity index (χ2v) is 6.28. The van der Waals surface area contributed by atoms with Crippen LogP contribution in [0.25, 0.3) is 0 Å². The Balaban J connectivity index is 2.12. The average Bonchev–Trinajstić information content (AvgIpc) is 2.59. The molecule has 0 radical (unpaired) electrons. The van der Waals surface area contributed by atoms with Gasteiger partial charge in [0.1, 0.15) is 11.8 Å². The summed E-state index contributed by atoms with van der Waals surface area (Å²) >= 11 is 0. The number of ether oxygens (including phenoxy) is 1. The van der Waals surface area contributed by atoms with Crippen LogP contribution in [0.5, 0.6) is 5.75 Å². The number of likely N-dealkylation sites (tertiary alicyclic amines) is 1. The Morgan fingerprint density at radius 2 is 1.78 bits per heavy atom. The van der Waals surface area contributed by atoms with Crippen molar-refractivity contribution >= 4 is 11.8 Å². The highest BCUT2D eigenvalue weighted by molar-refractivity contribution is 5.99. The van der Waals surface area contributed by atoms with E-state index >= 15 is 0 Å². The van der Waals surface area contributed by atoms with Crippen molar-refractivity contribution in [1.29, 1.82) is 0 Å². The molecule has 1 fully saturated rings. The second-order valence-electron chi connectivity index (χ2n) is 6.28. The van der Waals surface area contributed by atoms with Crippen LogP contribution in [0.3, 0.4) is 0 Å². The number of amides is 2. The number of benzene rings is 1. The van der Waals surface area contributed by atoms with Gasteiger partial charge in [-0.05, 0) is 37.3 Å². The summed E-state index contributed by atoms with van der Waals surface area (Å²) in [6.45, 7) is 5.48. The Hall–Kier alpha value is -2.04. The van der Waals surface area contributed by atoms with Crippen molar-refractivity contribution < 1.29 is 14.3 Å². The maximum atomic E-state index is 12.7. The smallest absolute Gasteiger partial charge is 0.255 e. The van der Waals surface area contributed by atoms with Gasteiger partial charge in [-0.1, -0.05) is 26.0 Å². The minimum absolute atomic E-state index is 0.0166. The Labute approximate surface area is 138 Å². The number of hydrogen-bond acceptors (Lipinski definition) is 3. The van der Waals surface area contributed by atoms with Crippen molar-refractivity contribution in [3.8, 4) is 5.75 Å². The van der Waals surface area contributed by atoms with Gasteiger partial charge in [0.05, 0.1) is 12.7 Å². The highest BCUT2D eigenvalue weighted by Crippen LogP contribution is 2.19. The molecule has 0 aromatic heterocycles. The van der Waals surface area contributed by atoms with E-state index in [-0.39, 0.29) is 17.7 Å². The van der Waals surface area contributed by atoms with Crippen LogP contribution >= 0.6 is 0 Å². The minimum atomic E-state index is -0.509. The third-order valence-corrected chi connectivity index (χ3v) is 4.24. The lowest BCUT2D eigenvalue weighted by molar-refractivity contribution is -0.135. The van der Waals surface area contributed by atoms with Gasteiger partial charge in [-0.15, -0.1) is 0 Å². The molecule has 2 rings (SSSR count). The van der Waals surface area contributed by atoms with Crippen LogP contribution < -0.4 is 10.1 Å². The number of piperidine rings is 1. The van der Waals surface area contributed by atoms with Gasteiger partial charge >= 0.3 is 0 Å². The molecule has 5 heteroatoms. The second kappa shape index (κ2) is 7.99. The summed E-state index contributed by atoms with van der Waals surface area (Å²) in [5.74, 6) is 0.287. The van der Waals surface area contributed by atoms with Crippen LogP contribution in [0.15, 0.2) is 24.3 Å². The molecule has 1 aliphatic heterocycles. The molecule has 0 unspecified atom stereocenters. The number of para-hydroxylation sites is 1. The summed E-state index contributed by atoms with van der Waals surface area (Å²) in [7, 11) is 1.53. The monoisotopic (exact) mass is 318 g/mol. The molecule has 2 amide bonds. The summed E-state index contributed by atoms with van der Waals surface area (Å²) < 4.78 is 5.23. The SMILES string of the molecule is COc1ccccc1C(=O)N[C@H](C(=O)N1CCCCC1)C(C)C. The first kappa shape index (κ1) is 17.3. The summed E-state index contributed by atoms with van der Waals surface area (Å²) in [6, 6.07) is 6.54. The fourth-order valence-electron chi connectivity index (χ4n) is 2.88. The van der Waals surface area contributed by atoms with Gasteiger partial charge in [0, 0.05) is 13.1 Å². The Morgan fingerprint density at radius 3 is 2.39 bits per heavy atom. The molecular weight excluding hydrogens is 292 g/mol. The molecule has 0 aliphatic carbocycles. The maximum absolute atomic E-state index is 12.7. The van der Waals surface area contributed by atoms with Crippen LogP contribution in [0.2, 0.25) is 0 Å². The lowest BCUT2D eigenvalue weighted by Gasteiger charge is -2.32. The van der Waals surface area contributed by atoms with Crippen molar-refractivity contribution in [2.75, 3.05) is 20.2 Å². The molecule has 1 heterocycles. The Bertz CT molecular complexity index is 551. The topological polar surface area (TPSA) is 58.6 Å². The molecule has 0 spiro atoms. The zero-order chi connectivity index (χ0) is 16.8. The fourth-order valence-corrected chi connectivity index (χ4v) is 2.88. The van der Waals surface area contributed by atoms with Gasteiger partial charge in [-0.2, -0.15) is 0 Å². The molecule has 1 atom stereocenters. The predicted molar refractivity (Wildman–Crippen MR) is 89.5 cm³/mol. The summed E-state index contributed by atoms with van der Waals surface area (Å²) in [5.41, 5.74) is 0.451. The number of methoxy groups -OCH3 is 1. The van der Waals surface area contributed by atoms with Crippen molar-refractivity contribution in [2.45, 2.75) is 39.2 Å². The van der Waals surface area contributed by atoms with E-state index in [1.807, 2.05) is 24.8 Å². The summed E-state index contributed by atoms with van der Waals surface area (Å²) in [4.78, 5) is 27.2. The molecule has 0 saturated carbocycles. The van der Waals surface area contributed by atoms with Crippen molar-refractivity contribution in [3.05, 3.63) is 29.8 Å². The average molecular weight is 318 g/mol. The van der Waals surface area contributed by atoms with E-state index in [0.29, 0.717) is 11.3 Å². The Kier molecular flexibility index (Phi) is 6.02. The molecule has 1 aromatic rings. The first-order valence-electron chi connectivity index (χ1n) is 8.27. The highest BCUT2D eigenvalue weighted by atomic mass is 16.5. The van der Waals surface area contributed by atoms with E-state index in [9.17, 15) is 9.59 Å². The largest absolute Gasteiger partial charge is 0.496 e. The first-order chi connectivity index (χ1) is 11.0. The van der Waals surface area contributed by atoms with Gasteiger partial charge in [0.25, 0.3) is 5.91 Å². The fraction of sp³-hybridized carbons (Fsp3) is 0.556. The number of rotatable bonds is 5. The molecule has 1 saturated heterocycles. The van der Waals surface area contributed by atoms with Crippen LogP contribution in [0.4, 0.5) is 0 Å². The zero-order valence-corrected chi connectivity index (χ0v) is 14.2. The van der Waals surface area contributed by atoms with Gasteiger partial charge in [-0.25, -0.2) is 0 Å². The van der Waals surface area contributed by atoms with Crippen LogP contribution in [-0.2, 0) is 4.79 Å². The highest BCUT2D eigenvalue weighted by Gasteiger charge is 2.30. The molecule has 126 valence electrons. The van der Waals surface area contributed by atoms with E-state index in [2.05, 4.69) is 5.32 Å². The van der Waals surface area contributed by atoms with E-state index in [1.165, 1.54) is 13.5 Å². The van der Waals surface area contributed by atoms with Crippen LogP contribution in [0, 0.1) is 5.92 Å². The van der Waals surface area contributed by atoms with Gasteiger partial charge in [0.2, 0.25) is 5.91 Å². The Morgan fingerprint density at radius 1 is 1.13 bits per heavy atom. The zero-order valence-electron chi connectivity index (χ0n) is 14.2. The normalized spacial score (nSPS) is 16.1. The predicted octanol–water partition coefficient (Wildman–Crippen LogP) is 2.46. The molecule has 1 N–H and O–H groups in total. The number of nitrogens with zero attached hydrogens (tertiary/aromatic N) is 1. The van der Waals surface area contributed by atoms with E-state index in [1.54, 1.807) is 18.2 Å². The van der Waals surface area contributed by atoms with Gasteiger partial charge < -0.3 is 15.0 Å². The van der Waals surface area contributed by atoms with Gasteiger partial charge in [-0.3, -0.25) is 9.59 Å². The van der Waals surface area contributed by atoms with Crippen molar-refractivity contribution in [1.82, 2.24) is 10.2 Å². The lowest BCUT2D eigenvalue weighted by Crippen LogP contribution is -2.52. The van der Waals surface area contributed by atoms with E-state index in [0.717, 1.165) is 25.9 Å². The first-order valence-corrected chi connectivity index (χ1v) is 8.27. The summed E-state index contributed by atoms with van der Waals surface area (Å²) in [5, 5.41) is 2.89. The minimum Gasteiger partial charge on any atom is -0.496 e. The summed E-state index contributed by atoms with van der Waals surface area (Å²) in [6.07, 6.45) is 3.25. The quantitative estimate of drug-likeness (QED) is 0.907. The third kappa shape index (κ3) is 4.24. The van der Waals surface area contributed by atoms with E-state index < -0.39 is 6.04 Å². The molecule has 1 aliphatic rings. The van der Waals surface area contributed by atoms with Crippen molar-refractivity contribution in [2.24, 2.45) is 5.92 Å². The lowest BCUT2D eigenvalue weighted by atomic mass is 10.0. The number of carbonyl (C=O) groups excluding carboxylic acids is 2. The third-order valence-electron chi connectivity index (χ3n) is 4.24. The molecule has 23 heavy (non-hydrogen) atoms. The molecular formula is C18H26N2O3. The van der Waals surface area contributed by atoms with Gasteiger partial charge in [0.15, 0.2) is 0 Å². The van der Waals surface area contributed by atoms with Crippen molar-refractivity contribution in [3.63, 3.8) is 0 Å². The standard InChI is InChI=1S/C18H26N2O3/c1-13(2)16(18(22)20-11-7-4-8-12-20)19-17(21)14-9-5-6-10-15(14)23-3/h5-6,9-10,13,16H,4,7-8,11-12H2,1-3H3,(H,19,21)/t16-/m0/s1. The molecule has 5 nitrogen and oxygen atoms in total. The molecule has 1 aromatic carbocycles. The number of nitrogens with one attached hydrogen (secondary N) is 1. The number of carbonyl (C=O) groups is 2. The van der Waals surface area contributed by atoms with E-state index in [4.69, 9.17) is 4.74 Å². The maximum Gasteiger partial charge on any atom is 0.255 e. The number of hydrogen-bond donors (Lipinski definition) is 1.